The number of amides is 1. The molecule has 1 N–H and O–H groups in total. The zero-order valence-electron chi connectivity index (χ0n) is 18.9. The van der Waals surface area contributed by atoms with E-state index in [1.54, 1.807) is 12.1 Å². The van der Waals surface area contributed by atoms with Crippen LogP contribution in [0.1, 0.15) is 50.8 Å². The highest BCUT2D eigenvalue weighted by Crippen LogP contribution is 2.21. The van der Waals surface area contributed by atoms with E-state index in [0.717, 1.165) is 29.9 Å². The third kappa shape index (κ3) is 7.96. The molecule has 0 heterocycles. The molecule has 0 aliphatic carbocycles. The van der Waals surface area contributed by atoms with Crippen LogP contribution in [0.3, 0.4) is 0 Å². The Kier molecular flexibility index (Phi) is 9.88. The van der Waals surface area contributed by atoms with E-state index in [2.05, 4.69) is 19.2 Å². The topological polar surface area (TPSA) is 73.9 Å². The van der Waals surface area contributed by atoms with Gasteiger partial charge in [0.2, 0.25) is 5.91 Å². The molecule has 0 bridgehead atoms. The van der Waals surface area contributed by atoms with Gasteiger partial charge in [-0.3, -0.25) is 4.79 Å². The normalized spacial score (nSPS) is 12.5. The summed E-state index contributed by atoms with van der Waals surface area (Å²) in [5, 5.41) is 2.77. The van der Waals surface area contributed by atoms with Crippen LogP contribution in [0.5, 0.6) is 11.5 Å². The number of hydrogen-bond acceptors (Lipinski definition) is 5. The molecule has 31 heavy (non-hydrogen) atoms. The van der Waals surface area contributed by atoms with E-state index in [-0.39, 0.29) is 12.3 Å². The standard InChI is InChI=1S/C25H33NO5/c1-5-7-18(3)17-31-22-14-10-20(11-15-22)24(25(28)29-4)26-23(27)16-19-8-12-21(13-9-19)30-6-2/h8-15,18,24H,5-7,16-17H2,1-4H3,(H,26,27)/t18?,24-/m1/s1. The number of ether oxygens (including phenoxy) is 3. The maximum atomic E-state index is 12.6. The molecule has 2 atom stereocenters. The molecule has 0 saturated heterocycles. The van der Waals surface area contributed by atoms with Crippen LogP contribution in [-0.2, 0) is 20.7 Å². The Hall–Kier alpha value is -3.02. The van der Waals surface area contributed by atoms with Crippen LogP contribution in [0.4, 0.5) is 0 Å². The van der Waals surface area contributed by atoms with E-state index < -0.39 is 12.0 Å². The first-order chi connectivity index (χ1) is 15.0. The van der Waals surface area contributed by atoms with E-state index in [9.17, 15) is 9.59 Å². The molecule has 0 spiro atoms. The lowest BCUT2D eigenvalue weighted by atomic mass is 10.1. The fourth-order valence-corrected chi connectivity index (χ4v) is 3.23. The van der Waals surface area contributed by atoms with Crippen molar-refractivity contribution in [2.45, 2.75) is 46.1 Å². The van der Waals surface area contributed by atoms with Gasteiger partial charge in [0.15, 0.2) is 6.04 Å². The van der Waals surface area contributed by atoms with E-state index in [4.69, 9.17) is 14.2 Å². The molecule has 1 unspecified atom stereocenters. The summed E-state index contributed by atoms with van der Waals surface area (Å²) in [5.74, 6) is 1.18. The van der Waals surface area contributed by atoms with Crippen LogP contribution >= 0.6 is 0 Å². The van der Waals surface area contributed by atoms with Gasteiger partial charge in [-0.15, -0.1) is 0 Å². The molecule has 2 aromatic rings. The SMILES string of the molecule is CCCC(C)COc1ccc([C@@H](NC(=O)Cc2ccc(OCC)cc2)C(=O)OC)cc1. The minimum Gasteiger partial charge on any atom is -0.494 e. The maximum absolute atomic E-state index is 12.6. The first-order valence-corrected chi connectivity index (χ1v) is 10.8. The van der Waals surface area contributed by atoms with E-state index in [1.807, 2.05) is 43.3 Å². The van der Waals surface area contributed by atoms with Gasteiger partial charge in [0.1, 0.15) is 11.5 Å². The van der Waals surface area contributed by atoms with Crippen molar-refractivity contribution in [3.63, 3.8) is 0 Å². The van der Waals surface area contributed by atoms with Gasteiger partial charge in [-0.05, 0) is 54.7 Å². The number of nitrogens with one attached hydrogen (secondary N) is 1. The van der Waals surface area contributed by atoms with E-state index in [0.29, 0.717) is 24.7 Å². The molecule has 0 aliphatic rings. The van der Waals surface area contributed by atoms with E-state index >= 15 is 0 Å². The molecule has 0 aromatic heterocycles. The van der Waals surface area contributed by atoms with Gasteiger partial charge in [0.05, 0.1) is 26.7 Å². The third-order valence-electron chi connectivity index (χ3n) is 4.87. The minimum atomic E-state index is -0.881. The third-order valence-corrected chi connectivity index (χ3v) is 4.87. The molecular formula is C25H33NO5. The van der Waals surface area contributed by atoms with Gasteiger partial charge in [-0.25, -0.2) is 4.79 Å². The molecule has 2 aromatic carbocycles. The van der Waals surface area contributed by atoms with Gasteiger partial charge >= 0.3 is 5.97 Å². The quantitative estimate of drug-likeness (QED) is 0.506. The second kappa shape index (κ2) is 12.6. The number of rotatable bonds is 12. The average Bonchev–Trinajstić information content (AvgIpc) is 2.78. The fourth-order valence-electron chi connectivity index (χ4n) is 3.23. The number of esters is 1. The molecule has 6 heteroatoms. The highest BCUT2D eigenvalue weighted by atomic mass is 16.5. The molecule has 0 saturated carbocycles. The largest absolute Gasteiger partial charge is 0.494 e. The van der Waals surface area contributed by atoms with Crippen molar-refractivity contribution in [1.82, 2.24) is 5.32 Å². The van der Waals surface area contributed by atoms with Crippen molar-refractivity contribution in [1.29, 1.82) is 0 Å². The van der Waals surface area contributed by atoms with Gasteiger partial charge in [-0.2, -0.15) is 0 Å². The van der Waals surface area contributed by atoms with E-state index in [1.165, 1.54) is 7.11 Å². The first-order valence-electron chi connectivity index (χ1n) is 10.8. The van der Waals surface area contributed by atoms with Crippen molar-refractivity contribution in [2.24, 2.45) is 5.92 Å². The molecule has 1 amide bonds. The lowest BCUT2D eigenvalue weighted by Gasteiger charge is -2.18. The summed E-state index contributed by atoms with van der Waals surface area (Å²) in [5.41, 5.74) is 1.47. The van der Waals surface area contributed by atoms with Crippen LogP contribution in [0.2, 0.25) is 0 Å². The molecule has 0 radical (unpaired) electrons. The highest BCUT2D eigenvalue weighted by molar-refractivity contribution is 5.86. The fraction of sp³-hybridized carbons (Fsp3) is 0.440. The zero-order chi connectivity index (χ0) is 22.6. The molecular weight excluding hydrogens is 394 g/mol. The van der Waals surface area contributed by atoms with Gasteiger partial charge in [-0.1, -0.05) is 44.5 Å². The summed E-state index contributed by atoms with van der Waals surface area (Å²) < 4.78 is 16.1. The van der Waals surface area contributed by atoms with Crippen LogP contribution in [-0.4, -0.2) is 32.2 Å². The minimum absolute atomic E-state index is 0.149. The second-order valence-corrected chi connectivity index (χ2v) is 7.55. The van der Waals surface area contributed by atoms with Crippen LogP contribution in [0.15, 0.2) is 48.5 Å². The second-order valence-electron chi connectivity index (χ2n) is 7.55. The number of carbonyl (C=O) groups excluding carboxylic acids is 2. The summed E-state index contributed by atoms with van der Waals surface area (Å²) in [7, 11) is 1.31. The Morgan fingerprint density at radius 3 is 2.13 bits per heavy atom. The molecule has 0 aliphatic heterocycles. The Morgan fingerprint density at radius 1 is 0.935 bits per heavy atom. The Balaban J connectivity index is 2.00. The van der Waals surface area contributed by atoms with Crippen LogP contribution in [0.25, 0.3) is 0 Å². The highest BCUT2D eigenvalue weighted by Gasteiger charge is 2.23. The van der Waals surface area contributed by atoms with Gasteiger partial charge in [0.25, 0.3) is 0 Å². The summed E-state index contributed by atoms with van der Waals surface area (Å²) in [6.45, 7) is 7.46. The summed E-state index contributed by atoms with van der Waals surface area (Å²) in [4.78, 5) is 24.9. The number of methoxy groups -OCH3 is 1. The van der Waals surface area contributed by atoms with Gasteiger partial charge in [0, 0.05) is 0 Å². The molecule has 168 valence electrons. The predicted molar refractivity (Wildman–Crippen MR) is 120 cm³/mol. The number of carbonyl (C=O) groups is 2. The summed E-state index contributed by atoms with van der Waals surface area (Å²) in [6.07, 6.45) is 2.39. The first kappa shape index (κ1) is 24.3. The van der Waals surface area contributed by atoms with Crippen LogP contribution in [0, 0.1) is 5.92 Å². The summed E-state index contributed by atoms with van der Waals surface area (Å²) in [6, 6.07) is 13.6. The molecule has 0 fully saturated rings. The average molecular weight is 428 g/mol. The van der Waals surface area contributed by atoms with Crippen molar-refractivity contribution in [3.05, 3.63) is 59.7 Å². The van der Waals surface area contributed by atoms with Gasteiger partial charge < -0.3 is 19.5 Å². The Morgan fingerprint density at radius 2 is 1.55 bits per heavy atom. The lowest BCUT2D eigenvalue weighted by molar-refractivity contribution is -0.145. The molecule has 2 rings (SSSR count). The van der Waals surface area contributed by atoms with Crippen molar-refractivity contribution in [2.75, 3.05) is 20.3 Å². The predicted octanol–water partition coefficient (Wildman–Crippen LogP) is 4.47. The Bertz CT molecular complexity index is 817. The van der Waals surface area contributed by atoms with Crippen molar-refractivity contribution >= 4 is 11.9 Å². The monoisotopic (exact) mass is 427 g/mol. The smallest absolute Gasteiger partial charge is 0.333 e. The zero-order valence-corrected chi connectivity index (χ0v) is 18.9. The Labute approximate surface area is 184 Å². The summed E-state index contributed by atoms with van der Waals surface area (Å²) >= 11 is 0. The lowest BCUT2D eigenvalue weighted by Crippen LogP contribution is -2.35. The van der Waals surface area contributed by atoms with Crippen molar-refractivity contribution < 1.29 is 23.8 Å². The number of benzene rings is 2. The van der Waals surface area contributed by atoms with Crippen molar-refractivity contribution in [3.8, 4) is 11.5 Å². The molecule has 6 nitrogen and oxygen atoms in total. The number of hydrogen-bond donors (Lipinski definition) is 1. The maximum Gasteiger partial charge on any atom is 0.333 e. The van der Waals surface area contributed by atoms with Crippen LogP contribution < -0.4 is 14.8 Å².